The molecule has 8 nitrogen and oxygen atoms in total. The first-order valence-corrected chi connectivity index (χ1v) is 8.82. The highest BCUT2D eigenvalue weighted by atomic mass is 28.4. The molecular formula is C12H25NO7Si. The van der Waals surface area contributed by atoms with E-state index in [0.29, 0.717) is 13.2 Å². The number of carboxylic acids is 1. The van der Waals surface area contributed by atoms with Crippen LogP contribution in [-0.2, 0) is 27.6 Å². The van der Waals surface area contributed by atoms with Crippen molar-refractivity contribution in [1.82, 2.24) is 5.32 Å². The summed E-state index contributed by atoms with van der Waals surface area (Å²) < 4.78 is 21.3. The molecule has 2 N–H and O–H groups in total. The quantitative estimate of drug-likeness (QED) is 0.387. The minimum atomic E-state index is -2.96. The van der Waals surface area contributed by atoms with Crippen molar-refractivity contribution >= 4 is 20.7 Å². The Morgan fingerprint density at radius 2 is 1.71 bits per heavy atom. The first-order valence-electron chi connectivity index (χ1n) is 6.89. The number of carbonyl (C=O) groups is 2. The van der Waals surface area contributed by atoms with E-state index in [4.69, 9.17) is 23.1 Å². The van der Waals surface area contributed by atoms with Crippen molar-refractivity contribution in [3.63, 3.8) is 0 Å². The van der Waals surface area contributed by atoms with Crippen LogP contribution in [0.1, 0.15) is 27.2 Å². The third kappa shape index (κ3) is 7.53. The lowest BCUT2D eigenvalue weighted by Crippen LogP contribution is -2.57. The molecule has 124 valence electrons. The number of esters is 1. The smallest absolute Gasteiger partial charge is 0.481 e. The Labute approximate surface area is 126 Å². The zero-order valence-electron chi connectivity index (χ0n) is 13.0. The van der Waals surface area contributed by atoms with Gasteiger partial charge in [-0.2, -0.15) is 0 Å². The molecule has 0 aromatic rings. The van der Waals surface area contributed by atoms with Crippen LogP contribution in [0.3, 0.4) is 0 Å². The van der Waals surface area contributed by atoms with Gasteiger partial charge in [0.05, 0.1) is 19.2 Å². The molecule has 0 amide bonds. The molecule has 0 aliphatic heterocycles. The Morgan fingerprint density at radius 3 is 2.10 bits per heavy atom. The van der Waals surface area contributed by atoms with E-state index >= 15 is 0 Å². The fourth-order valence-electron chi connectivity index (χ4n) is 1.68. The molecule has 0 saturated carbocycles. The molecular weight excluding hydrogens is 298 g/mol. The summed E-state index contributed by atoms with van der Waals surface area (Å²) in [6, 6.07) is -0.967. The van der Waals surface area contributed by atoms with Crippen molar-refractivity contribution in [3.05, 3.63) is 0 Å². The molecule has 0 aliphatic rings. The minimum Gasteiger partial charge on any atom is -0.481 e. The van der Waals surface area contributed by atoms with Crippen LogP contribution < -0.4 is 5.32 Å². The van der Waals surface area contributed by atoms with Crippen LogP contribution in [-0.4, -0.2) is 65.0 Å². The van der Waals surface area contributed by atoms with Gasteiger partial charge in [0.15, 0.2) is 0 Å². The van der Waals surface area contributed by atoms with Gasteiger partial charge in [0.25, 0.3) is 0 Å². The summed E-state index contributed by atoms with van der Waals surface area (Å²) in [5.41, 5.74) is 0. The Kier molecular flexibility index (Phi) is 10.2. The van der Waals surface area contributed by atoms with Gasteiger partial charge in [-0.25, -0.2) is 0 Å². The van der Waals surface area contributed by atoms with Crippen LogP contribution in [0, 0.1) is 0 Å². The van der Waals surface area contributed by atoms with Gasteiger partial charge >= 0.3 is 20.7 Å². The van der Waals surface area contributed by atoms with Crippen LogP contribution in [0.15, 0.2) is 0 Å². The van der Waals surface area contributed by atoms with E-state index in [1.54, 1.807) is 20.8 Å². The molecule has 0 fully saturated rings. The lowest BCUT2D eigenvalue weighted by atomic mass is 10.2. The number of hydrogen-bond donors (Lipinski definition) is 2. The maximum atomic E-state index is 11.7. The molecule has 0 bridgehead atoms. The Balaban J connectivity index is 4.80. The van der Waals surface area contributed by atoms with Gasteiger partial charge in [-0.15, -0.1) is 0 Å². The molecule has 9 heteroatoms. The fraction of sp³-hybridized carbons (Fsp3) is 0.833. The highest BCUT2D eigenvalue weighted by Gasteiger charge is 2.41. The van der Waals surface area contributed by atoms with Crippen LogP contribution in [0.2, 0.25) is 0 Å². The summed E-state index contributed by atoms with van der Waals surface area (Å²) in [6.07, 6.45) is -0.257. The summed E-state index contributed by atoms with van der Waals surface area (Å²) in [6.45, 7) is 6.24. The monoisotopic (exact) mass is 323 g/mol. The lowest BCUT2D eigenvalue weighted by Gasteiger charge is -2.28. The first kappa shape index (κ1) is 20.0. The maximum absolute atomic E-state index is 11.7. The highest BCUT2D eigenvalue weighted by Crippen LogP contribution is 2.09. The third-order valence-electron chi connectivity index (χ3n) is 2.55. The van der Waals surface area contributed by atoms with Crippen molar-refractivity contribution < 1.29 is 32.7 Å². The van der Waals surface area contributed by atoms with Gasteiger partial charge in [-0.1, -0.05) is 0 Å². The maximum Gasteiger partial charge on any atom is 0.515 e. The molecule has 0 saturated heterocycles. The van der Waals surface area contributed by atoms with E-state index in [-0.39, 0.29) is 19.2 Å². The van der Waals surface area contributed by atoms with Crippen LogP contribution in [0.4, 0.5) is 0 Å². The summed E-state index contributed by atoms with van der Waals surface area (Å²) in [4.78, 5) is 22.6. The average molecular weight is 323 g/mol. The second-order valence-corrected chi connectivity index (χ2v) is 6.74. The van der Waals surface area contributed by atoms with Crippen LogP contribution >= 0.6 is 0 Å². The van der Waals surface area contributed by atoms with E-state index in [1.807, 2.05) is 0 Å². The summed E-state index contributed by atoms with van der Waals surface area (Å²) in [5.74, 6) is -1.72. The van der Waals surface area contributed by atoms with Gasteiger partial charge in [-0.05, 0) is 20.8 Å². The van der Waals surface area contributed by atoms with E-state index in [1.165, 1.54) is 7.11 Å². The third-order valence-corrected chi connectivity index (χ3v) is 5.27. The minimum absolute atomic E-state index is 0.127. The number of nitrogens with one attached hydrogen (secondary N) is 1. The van der Waals surface area contributed by atoms with Crippen molar-refractivity contribution in [3.8, 4) is 0 Å². The number of ether oxygens (including phenoxy) is 1. The molecule has 0 aromatic heterocycles. The molecule has 0 rings (SSSR count). The SMILES string of the molecule is CCOC(=O)C(CC(=O)O)NC[Si](OC)(OCC)OCC. The highest BCUT2D eigenvalue weighted by molar-refractivity contribution is 6.60. The second-order valence-electron chi connectivity index (χ2n) is 4.04. The van der Waals surface area contributed by atoms with Gasteiger partial charge in [0.1, 0.15) is 6.04 Å². The first-order chi connectivity index (χ1) is 9.94. The van der Waals surface area contributed by atoms with E-state index in [0.717, 1.165) is 0 Å². The lowest BCUT2D eigenvalue weighted by molar-refractivity contribution is -0.150. The van der Waals surface area contributed by atoms with Gasteiger partial charge < -0.3 is 23.1 Å². The normalized spacial score (nSPS) is 13.0. The molecule has 0 aromatic carbocycles. The molecule has 0 aliphatic carbocycles. The summed E-state index contributed by atoms with van der Waals surface area (Å²) in [5, 5.41) is 11.7. The largest absolute Gasteiger partial charge is 0.515 e. The zero-order valence-corrected chi connectivity index (χ0v) is 14.0. The second kappa shape index (κ2) is 10.7. The fourth-order valence-corrected chi connectivity index (χ4v) is 3.72. The van der Waals surface area contributed by atoms with Crippen LogP contribution in [0.5, 0.6) is 0 Å². The average Bonchev–Trinajstić information content (AvgIpc) is 2.43. The number of aliphatic carboxylic acids is 1. The predicted molar refractivity (Wildman–Crippen MR) is 76.7 cm³/mol. The number of carbonyl (C=O) groups excluding carboxylic acids is 1. The number of rotatable bonds is 12. The standard InChI is InChI=1S/C12H25NO7Si/c1-5-18-12(16)10(8-11(14)15)13-9-21(17-4,19-6-2)20-7-3/h10,13H,5-9H2,1-4H3,(H,14,15). The van der Waals surface area contributed by atoms with E-state index < -0.39 is 26.8 Å². The predicted octanol–water partition coefficient (Wildman–Crippen LogP) is 0.180. The molecule has 21 heavy (non-hydrogen) atoms. The molecule has 1 atom stereocenters. The molecule has 0 spiro atoms. The van der Waals surface area contributed by atoms with Gasteiger partial charge in [0.2, 0.25) is 0 Å². The summed E-state index contributed by atoms with van der Waals surface area (Å²) in [7, 11) is -1.50. The Morgan fingerprint density at radius 1 is 1.14 bits per heavy atom. The van der Waals surface area contributed by atoms with Crippen molar-refractivity contribution in [1.29, 1.82) is 0 Å². The number of hydrogen-bond acceptors (Lipinski definition) is 7. The van der Waals surface area contributed by atoms with Gasteiger partial charge in [-0.3, -0.25) is 14.9 Å². The molecule has 0 heterocycles. The topological polar surface area (TPSA) is 103 Å². The Hall–Kier alpha value is -1.00. The van der Waals surface area contributed by atoms with Crippen molar-refractivity contribution in [2.24, 2.45) is 0 Å². The molecule has 1 unspecified atom stereocenters. The van der Waals surface area contributed by atoms with E-state index in [2.05, 4.69) is 5.32 Å². The zero-order chi connectivity index (χ0) is 16.3. The van der Waals surface area contributed by atoms with Gasteiger partial charge in [0, 0.05) is 20.3 Å². The van der Waals surface area contributed by atoms with Crippen molar-refractivity contribution in [2.75, 3.05) is 33.1 Å². The summed E-state index contributed by atoms with van der Waals surface area (Å²) >= 11 is 0. The number of carboxylic acid groups (broad SMARTS) is 1. The van der Waals surface area contributed by atoms with E-state index in [9.17, 15) is 9.59 Å². The van der Waals surface area contributed by atoms with Crippen molar-refractivity contribution in [2.45, 2.75) is 33.2 Å². The molecule has 0 radical (unpaired) electrons. The Bertz CT molecular complexity index is 321. The van der Waals surface area contributed by atoms with Crippen LogP contribution in [0.25, 0.3) is 0 Å².